The smallest absolute Gasteiger partial charge is 0.252 e. The van der Waals surface area contributed by atoms with Crippen LogP contribution in [-0.4, -0.2) is 26.6 Å². The van der Waals surface area contributed by atoms with Crippen LogP contribution in [0.3, 0.4) is 0 Å². The largest absolute Gasteiger partial charge is 0.365 e. The average molecular weight is 457 g/mol. The molecule has 0 radical (unpaired) electrons. The summed E-state index contributed by atoms with van der Waals surface area (Å²) in [5.74, 6) is -1.13. The third-order valence-corrected chi connectivity index (χ3v) is 7.26. The number of rotatable bonds is 3. The van der Waals surface area contributed by atoms with Gasteiger partial charge in [0.1, 0.15) is 5.82 Å². The van der Waals surface area contributed by atoms with Crippen molar-refractivity contribution in [3.05, 3.63) is 77.0 Å². The summed E-state index contributed by atoms with van der Waals surface area (Å²) in [6.45, 7) is 5.78. The molecule has 0 saturated carbocycles. The average Bonchev–Trinajstić information content (AvgIpc) is 2.81. The number of hydrogen-bond donors (Lipinski definition) is 1. The van der Waals surface area contributed by atoms with E-state index in [9.17, 15) is 14.0 Å². The van der Waals surface area contributed by atoms with Gasteiger partial charge in [0.05, 0.1) is 17.0 Å². The van der Waals surface area contributed by atoms with Crippen molar-refractivity contribution < 1.29 is 14.0 Å². The number of benzene rings is 1. The van der Waals surface area contributed by atoms with Crippen LogP contribution in [0.1, 0.15) is 37.2 Å². The number of fused-ring (bicyclic) bond motifs is 3. The first-order valence-corrected chi connectivity index (χ1v) is 11.4. The molecule has 2 unspecified atom stereocenters. The molecule has 172 valence electrons. The Balaban J connectivity index is 1.81. The highest BCUT2D eigenvalue weighted by atomic mass is 19.1. The van der Waals surface area contributed by atoms with Gasteiger partial charge in [-0.1, -0.05) is 19.9 Å². The highest BCUT2D eigenvalue weighted by Gasteiger charge is 2.50. The number of aromatic nitrogens is 3. The molecule has 5 rings (SSSR count). The Bertz CT molecular complexity index is 1370. The highest BCUT2D eigenvalue weighted by molar-refractivity contribution is 6.20. The van der Waals surface area contributed by atoms with E-state index in [1.165, 1.54) is 12.1 Å². The normalized spacial score (nSPS) is 23.6. The van der Waals surface area contributed by atoms with E-state index in [2.05, 4.69) is 4.98 Å². The Labute approximate surface area is 197 Å². The maximum absolute atomic E-state index is 13.7. The van der Waals surface area contributed by atoms with Crippen LogP contribution in [0.25, 0.3) is 22.6 Å². The number of allylic oxidation sites excluding steroid dienone is 1. The zero-order chi connectivity index (χ0) is 24.2. The number of Topliss-reactive ketones (excluding diaryl/α,β-unsaturated/α-hetero) is 1. The second kappa shape index (κ2) is 7.94. The number of primary amides is 1. The van der Waals surface area contributed by atoms with Crippen molar-refractivity contribution in [2.75, 3.05) is 0 Å². The summed E-state index contributed by atoms with van der Waals surface area (Å²) in [4.78, 5) is 39.2. The van der Waals surface area contributed by atoms with Crippen LogP contribution in [0.4, 0.5) is 4.39 Å². The number of aryl methyl sites for hydroxylation is 1. The Morgan fingerprint density at radius 1 is 1.15 bits per heavy atom. The first-order valence-electron chi connectivity index (χ1n) is 11.4. The van der Waals surface area contributed by atoms with E-state index < -0.39 is 11.3 Å². The van der Waals surface area contributed by atoms with Crippen LogP contribution in [0.5, 0.6) is 0 Å². The lowest BCUT2D eigenvalue weighted by molar-refractivity contribution is -0.125. The van der Waals surface area contributed by atoms with Crippen molar-refractivity contribution in [3.63, 3.8) is 0 Å². The molecule has 0 saturated heterocycles. The SMILES string of the molecule is Cc1cc(-c2nc(-c3ccc(F)cc3)c3c(n2)[C@]2(C)C=C(C(N)=O)C(=O)C(C)C2CC3)ccn1. The minimum absolute atomic E-state index is 0.0291. The van der Waals surface area contributed by atoms with E-state index in [1.807, 2.05) is 32.9 Å². The van der Waals surface area contributed by atoms with Crippen molar-refractivity contribution in [1.29, 1.82) is 0 Å². The number of carbonyl (C=O) groups is 2. The Hall–Kier alpha value is -3.74. The van der Waals surface area contributed by atoms with Crippen LogP contribution >= 0.6 is 0 Å². The molecule has 2 heterocycles. The third-order valence-electron chi connectivity index (χ3n) is 7.26. The van der Waals surface area contributed by atoms with E-state index in [4.69, 9.17) is 15.7 Å². The summed E-state index contributed by atoms with van der Waals surface area (Å²) < 4.78 is 13.7. The summed E-state index contributed by atoms with van der Waals surface area (Å²) >= 11 is 0. The number of nitrogens with zero attached hydrogens (tertiary/aromatic N) is 3. The fourth-order valence-corrected chi connectivity index (χ4v) is 5.54. The van der Waals surface area contributed by atoms with Crippen molar-refractivity contribution in [2.45, 2.75) is 39.0 Å². The molecule has 2 aliphatic rings. The van der Waals surface area contributed by atoms with Gasteiger partial charge in [-0.2, -0.15) is 0 Å². The Morgan fingerprint density at radius 2 is 1.88 bits per heavy atom. The number of ketones is 1. The predicted molar refractivity (Wildman–Crippen MR) is 126 cm³/mol. The number of pyridine rings is 1. The monoisotopic (exact) mass is 456 g/mol. The number of hydrogen-bond acceptors (Lipinski definition) is 5. The van der Waals surface area contributed by atoms with E-state index in [0.717, 1.165) is 40.2 Å². The van der Waals surface area contributed by atoms with Gasteiger partial charge in [-0.25, -0.2) is 14.4 Å². The molecule has 1 amide bonds. The van der Waals surface area contributed by atoms with Gasteiger partial charge in [0.2, 0.25) is 0 Å². The van der Waals surface area contributed by atoms with Crippen molar-refractivity contribution in [1.82, 2.24) is 15.0 Å². The van der Waals surface area contributed by atoms with E-state index >= 15 is 0 Å². The maximum Gasteiger partial charge on any atom is 0.252 e. The van der Waals surface area contributed by atoms with Crippen molar-refractivity contribution >= 4 is 11.7 Å². The van der Waals surface area contributed by atoms with E-state index in [-0.39, 0.29) is 29.0 Å². The standard InChI is InChI=1S/C27H25FN4O2/c1-14-12-17(10-11-30-14)26-31-22(16-4-6-18(28)7-5-16)19-8-9-21-15(2)23(33)20(25(29)34)13-27(21,3)24(19)32-26/h4-7,10-13,15,21H,8-9H2,1-3H3,(H2,29,34)/t15?,21?,27-/m1/s1. The first-order chi connectivity index (χ1) is 16.2. The quantitative estimate of drug-likeness (QED) is 0.598. The molecule has 3 aromatic rings. The molecule has 2 aromatic heterocycles. The third kappa shape index (κ3) is 3.43. The lowest BCUT2D eigenvalue weighted by atomic mass is 9.57. The van der Waals surface area contributed by atoms with Gasteiger partial charge in [0.15, 0.2) is 11.6 Å². The van der Waals surface area contributed by atoms with Crippen LogP contribution < -0.4 is 5.73 Å². The fourth-order valence-electron chi connectivity index (χ4n) is 5.54. The zero-order valence-corrected chi connectivity index (χ0v) is 19.3. The molecule has 2 aliphatic carbocycles. The number of nitrogens with two attached hydrogens (primary N) is 1. The second-order valence-corrected chi connectivity index (χ2v) is 9.42. The second-order valence-electron chi connectivity index (χ2n) is 9.42. The van der Waals surface area contributed by atoms with E-state index in [0.29, 0.717) is 12.2 Å². The molecular formula is C27H25FN4O2. The van der Waals surface area contributed by atoms with Gasteiger partial charge < -0.3 is 5.73 Å². The summed E-state index contributed by atoms with van der Waals surface area (Å²) in [6.07, 6.45) is 4.84. The number of halogens is 1. The molecule has 0 fully saturated rings. The summed E-state index contributed by atoms with van der Waals surface area (Å²) in [7, 11) is 0. The van der Waals surface area contributed by atoms with Gasteiger partial charge in [-0.15, -0.1) is 0 Å². The number of carbonyl (C=O) groups excluding carboxylic acids is 2. The lowest BCUT2D eigenvalue weighted by Crippen LogP contribution is -2.48. The minimum Gasteiger partial charge on any atom is -0.365 e. The zero-order valence-electron chi connectivity index (χ0n) is 19.3. The number of amides is 1. The first kappa shape index (κ1) is 22.1. The van der Waals surface area contributed by atoms with E-state index in [1.54, 1.807) is 24.4 Å². The highest BCUT2D eigenvalue weighted by Crippen LogP contribution is 2.50. The molecule has 7 heteroatoms. The Kier molecular flexibility index (Phi) is 5.15. The molecule has 0 bridgehead atoms. The Morgan fingerprint density at radius 3 is 2.56 bits per heavy atom. The maximum atomic E-state index is 13.7. The fraction of sp³-hybridized carbons (Fsp3) is 0.296. The molecule has 2 N–H and O–H groups in total. The summed E-state index contributed by atoms with van der Waals surface area (Å²) in [5.41, 5.74) is 9.82. The molecular weight excluding hydrogens is 431 g/mol. The van der Waals surface area contributed by atoms with Crippen LogP contribution in [0, 0.1) is 24.6 Å². The predicted octanol–water partition coefficient (Wildman–Crippen LogP) is 4.10. The molecule has 1 aromatic carbocycles. The molecule has 3 atom stereocenters. The molecule has 6 nitrogen and oxygen atoms in total. The van der Waals surface area contributed by atoms with Crippen LogP contribution in [0.15, 0.2) is 54.2 Å². The van der Waals surface area contributed by atoms with Crippen molar-refractivity contribution in [2.24, 2.45) is 17.6 Å². The van der Waals surface area contributed by atoms with Gasteiger partial charge in [0.25, 0.3) is 5.91 Å². The van der Waals surface area contributed by atoms with Gasteiger partial charge in [-0.3, -0.25) is 14.6 Å². The summed E-state index contributed by atoms with van der Waals surface area (Å²) in [5, 5.41) is 0. The van der Waals surface area contributed by atoms with Gasteiger partial charge in [0, 0.05) is 39.9 Å². The molecule has 0 spiro atoms. The van der Waals surface area contributed by atoms with Crippen LogP contribution in [0.2, 0.25) is 0 Å². The minimum atomic E-state index is -0.721. The van der Waals surface area contributed by atoms with Gasteiger partial charge in [-0.05, 0) is 62.1 Å². The molecule has 34 heavy (non-hydrogen) atoms. The van der Waals surface area contributed by atoms with Crippen LogP contribution in [-0.2, 0) is 21.4 Å². The topological polar surface area (TPSA) is 98.8 Å². The summed E-state index contributed by atoms with van der Waals surface area (Å²) in [6, 6.07) is 10.0. The van der Waals surface area contributed by atoms with Crippen molar-refractivity contribution in [3.8, 4) is 22.6 Å². The molecule has 0 aliphatic heterocycles. The lowest BCUT2D eigenvalue weighted by Gasteiger charge is -2.46. The van der Waals surface area contributed by atoms with Gasteiger partial charge >= 0.3 is 0 Å².